The molecule has 0 atom stereocenters. The van der Waals surface area contributed by atoms with E-state index in [1.807, 2.05) is 0 Å². The number of ether oxygens (including phenoxy) is 2. The van der Waals surface area contributed by atoms with Gasteiger partial charge in [-0.25, -0.2) is 0 Å². The molecule has 1 aliphatic rings. The molecule has 0 unspecified atom stereocenters. The molecule has 1 heterocycles. The molecule has 3 aromatic carbocycles. The monoisotopic (exact) mass is 360 g/mol. The Morgan fingerprint density at radius 3 is 2.11 bits per heavy atom. The summed E-state index contributed by atoms with van der Waals surface area (Å²) in [6.45, 7) is 0. The number of methoxy groups -OCH3 is 2. The minimum atomic E-state index is 0.465. The fourth-order valence-electron chi connectivity index (χ4n) is 3.87. The summed E-state index contributed by atoms with van der Waals surface area (Å²) in [6.07, 6.45) is 5.22. The summed E-state index contributed by atoms with van der Waals surface area (Å²) in [7, 11) is 3.08. The molecular weight excluding hydrogens is 336 g/mol. The third-order valence-electron chi connectivity index (χ3n) is 5.22. The molecule has 0 aliphatic heterocycles. The van der Waals surface area contributed by atoms with Gasteiger partial charge in [0, 0.05) is 12.1 Å². The van der Waals surface area contributed by atoms with Gasteiger partial charge in [-0.15, -0.1) is 0 Å². The predicted molar refractivity (Wildman–Crippen MR) is 110 cm³/mol. The molecule has 27 heavy (non-hydrogen) atoms. The highest BCUT2D eigenvalue weighted by Crippen LogP contribution is 2.33. The predicted octanol–water partition coefficient (Wildman–Crippen LogP) is 6.17. The number of furan rings is 1. The van der Waals surface area contributed by atoms with E-state index in [0.29, 0.717) is 11.9 Å². The largest absolute Gasteiger partial charge is 0.468 e. The smallest absolute Gasteiger partial charge is 0.287 e. The van der Waals surface area contributed by atoms with Crippen LogP contribution in [-0.2, 0) is 12.8 Å². The highest BCUT2D eigenvalue weighted by Gasteiger charge is 2.13. The van der Waals surface area contributed by atoms with Gasteiger partial charge >= 0.3 is 0 Å². The van der Waals surface area contributed by atoms with E-state index in [9.17, 15) is 0 Å². The summed E-state index contributed by atoms with van der Waals surface area (Å²) in [4.78, 5) is 0. The molecule has 5 rings (SSSR count). The second-order valence-electron chi connectivity index (χ2n) is 6.77. The Balaban J connectivity index is 0.000000170. The van der Waals surface area contributed by atoms with Crippen LogP contribution in [0.4, 0.5) is 0 Å². The van der Waals surface area contributed by atoms with E-state index in [0.717, 1.165) is 0 Å². The molecule has 0 spiro atoms. The Kier molecular flexibility index (Phi) is 5.01. The maximum Gasteiger partial charge on any atom is 0.287 e. The highest BCUT2D eigenvalue weighted by molar-refractivity contribution is 6.08. The summed E-state index contributed by atoms with van der Waals surface area (Å²) in [5, 5.41) is 5.64. The molecular formula is C24H24O3. The zero-order valence-electron chi connectivity index (χ0n) is 15.8. The highest BCUT2D eigenvalue weighted by atomic mass is 16.6. The first kappa shape index (κ1) is 17.5. The van der Waals surface area contributed by atoms with Gasteiger partial charge in [0.2, 0.25) is 0 Å². The van der Waals surface area contributed by atoms with Gasteiger partial charge < -0.3 is 13.9 Å². The molecule has 3 heteroatoms. The molecule has 0 fully saturated rings. The number of hydrogen-bond acceptors (Lipinski definition) is 3. The van der Waals surface area contributed by atoms with Crippen molar-refractivity contribution in [2.75, 3.05) is 14.2 Å². The van der Waals surface area contributed by atoms with Gasteiger partial charge in [0.25, 0.3) is 11.9 Å². The third kappa shape index (κ3) is 3.50. The van der Waals surface area contributed by atoms with Crippen molar-refractivity contribution in [2.45, 2.75) is 25.7 Å². The number of fused-ring (bicyclic) bond motifs is 5. The lowest BCUT2D eigenvalue weighted by Gasteiger charge is -2.18. The first-order valence-electron chi connectivity index (χ1n) is 9.40. The summed E-state index contributed by atoms with van der Waals surface area (Å²) in [5.74, 6) is 0.929. The zero-order chi connectivity index (χ0) is 18.6. The van der Waals surface area contributed by atoms with Crippen molar-refractivity contribution in [1.82, 2.24) is 0 Å². The summed E-state index contributed by atoms with van der Waals surface area (Å²) >= 11 is 0. The first-order valence-corrected chi connectivity index (χ1v) is 9.40. The minimum absolute atomic E-state index is 0.465. The fraction of sp³-hybridized carbons (Fsp3) is 0.250. The SMILES string of the molecule is COc1ccc(OC)o1.c1ccc2c(c1)ccc1c3c(ccc12)CCCC3. The van der Waals surface area contributed by atoms with Crippen LogP contribution in [0.5, 0.6) is 11.9 Å². The molecule has 0 N–H and O–H groups in total. The lowest BCUT2D eigenvalue weighted by atomic mass is 9.86. The first-order chi connectivity index (χ1) is 13.3. The van der Waals surface area contributed by atoms with E-state index in [1.54, 1.807) is 23.3 Å². The van der Waals surface area contributed by atoms with Crippen molar-refractivity contribution in [1.29, 1.82) is 0 Å². The van der Waals surface area contributed by atoms with Crippen molar-refractivity contribution < 1.29 is 13.9 Å². The van der Waals surface area contributed by atoms with Gasteiger partial charge in [0.1, 0.15) is 0 Å². The molecule has 0 radical (unpaired) electrons. The Morgan fingerprint density at radius 1 is 0.667 bits per heavy atom. The van der Waals surface area contributed by atoms with Crippen LogP contribution in [0.2, 0.25) is 0 Å². The average Bonchev–Trinajstić information content (AvgIpc) is 3.22. The van der Waals surface area contributed by atoms with Crippen LogP contribution in [0, 0.1) is 0 Å². The molecule has 0 bridgehead atoms. The van der Waals surface area contributed by atoms with Gasteiger partial charge in [-0.1, -0.05) is 48.5 Å². The van der Waals surface area contributed by atoms with Gasteiger partial charge in [-0.05, 0) is 58.4 Å². The lowest BCUT2D eigenvalue weighted by Crippen LogP contribution is -2.02. The Morgan fingerprint density at radius 2 is 1.37 bits per heavy atom. The lowest BCUT2D eigenvalue weighted by molar-refractivity contribution is 0.244. The van der Waals surface area contributed by atoms with Crippen molar-refractivity contribution in [3.05, 3.63) is 71.8 Å². The molecule has 0 saturated heterocycles. The zero-order valence-corrected chi connectivity index (χ0v) is 15.8. The standard InChI is InChI=1S/C18H16.C6H8O3/c1-3-7-15-13(5-1)9-11-18-16-8-4-2-6-14(16)10-12-17(15)18;1-7-5-3-4-6(8-2)9-5/h1,3,5,7,9-12H,2,4,6,8H2;3-4H,1-2H3. The average molecular weight is 360 g/mol. The van der Waals surface area contributed by atoms with Crippen LogP contribution in [0.3, 0.4) is 0 Å². The Hall–Kier alpha value is -2.94. The molecule has 0 amide bonds. The molecule has 138 valence electrons. The van der Waals surface area contributed by atoms with Crippen LogP contribution >= 0.6 is 0 Å². The van der Waals surface area contributed by atoms with Crippen LogP contribution in [-0.4, -0.2) is 14.2 Å². The Labute approximate surface area is 159 Å². The van der Waals surface area contributed by atoms with Crippen molar-refractivity contribution >= 4 is 21.5 Å². The molecule has 3 nitrogen and oxygen atoms in total. The number of aryl methyl sites for hydroxylation is 2. The van der Waals surface area contributed by atoms with Crippen LogP contribution in [0.25, 0.3) is 21.5 Å². The van der Waals surface area contributed by atoms with Crippen LogP contribution in [0.1, 0.15) is 24.0 Å². The van der Waals surface area contributed by atoms with Gasteiger partial charge in [0.05, 0.1) is 14.2 Å². The third-order valence-corrected chi connectivity index (χ3v) is 5.22. The maximum absolute atomic E-state index is 4.94. The van der Waals surface area contributed by atoms with E-state index in [1.165, 1.54) is 61.4 Å². The Bertz CT molecular complexity index is 1040. The molecule has 4 aromatic rings. The number of rotatable bonds is 2. The molecule has 1 aliphatic carbocycles. The van der Waals surface area contributed by atoms with Crippen LogP contribution in [0.15, 0.2) is 65.1 Å². The number of benzene rings is 3. The quantitative estimate of drug-likeness (QED) is 0.401. The topological polar surface area (TPSA) is 31.6 Å². The van der Waals surface area contributed by atoms with Gasteiger partial charge in [-0.3, -0.25) is 0 Å². The number of hydrogen-bond donors (Lipinski definition) is 0. The van der Waals surface area contributed by atoms with Gasteiger partial charge in [0.15, 0.2) is 0 Å². The molecule has 0 saturated carbocycles. The maximum atomic E-state index is 4.94. The van der Waals surface area contributed by atoms with Crippen molar-refractivity contribution in [3.8, 4) is 11.9 Å². The van der Waals surface area contributed by atoms with Gasteiger partial charge in [-0.2, -0.15) is 0 Å². The summed E-state index contributed by atoms with van der Waals surface area (Å²) < 4.78 is 14.4. The normalized spacial score (nSPS) is 13.0. The second kappa shape index (κ2) is 7.75. The van der Waals surface area contributed by atoms with E-state index < -0.39 is 0 Å². The fourth-order valence-corrected chi connectivity index (χ4v) is 3.87. The minimum Gasteiger partial charge on any atom is -0.468 e. The van der Waals surface area contributed by atoms with Crippen LogP contribution < -0.4 is 9.47 Å². The van der Waals surface area contributed by atoms with E-state index in [4.69, 9.17) is 13.9 Å². The van der Waals surface area contributed by atoms with Crippen molar-refractivity contribution in [3.63, 3.8) is 0 Å². The summed E-state index contributed by atoms with van der Waals surface area (Å²) in [5.41, 5.74) is 3.17. The van der Waals surface area contributed by atoms with E-state index in [2.05, 4.69) is 48.5 Å². The second-order valence-corrected chi connectivity index (χ2v) is 6.77. The summed E-state index contributed by atoms with van der Waals surface area (Å²) in [6, 6.07) is 21.4. The van der Waals surface area contributed by atoms with E-state index in [-0.39, 0.29) is 0 Å². The van der Waals surface area contributed by atoms with E-state index >= 15 is 0 Å². The van der Waals surface area contributed by atoms with Crippen molar-refractivity contribution in [2.24, 2.45) is 0 Å². The molecule has 1 aromatic heterocycles.